The van der Waals surface area contributed by atoms with Crippen molar-refractivity contribution in [2.45, 2.75) is 31.2 Å². The van der Waals surface area contributed by atoms with Gasteiger partial charge in [-0.2, -0.15) is 0 Å². The SMILES string of the molecule is O=C(OCc1ccccc1)C1CC[C@H](Cl)C1. The average Bonchev–Trinajstić information content (AvgIpc) is 2.74. The minimum absolute atomic E-state index is 0.00575. The fraction of sp³-hybridized carbons (Fsp3) is 0.462. The van der Waals surface area contributed by atoms with Crippen LogP contribution in [0.4, 0.5) is 0 Å². The molecule has 0 aliphatic heterocycles. The van der Waals surface area contributed by atoms with E-state index in [4.69, 9.17) is 16.3 Å². The quantitative estimate of drug-likeness (QED) is 0.597. The van der Waals surface area contributed by atoms with Crippen LogP contribution in [0.15, 0.2) is 30.3 Å². The molecular weight excluding hydrogens is 224 g/mol. The maximum absolute atomic E-state index is 11.7. The fourth-order valence-electron chi connectivity index (χ4n) is 1.99. The highest BCUT2D eigenvalue weighted by atomic mass is 35.5. The average molecular weight is 239 g/mol. The van der Waals surface area contributed by atoms with Crippen LogP contribution in [0.2, 0.25) is 0 Å². The van der Waals surface area contributed by atoms with Crippen LogP contribution in [0.5, 0.6) is 0 Å². The summed E-state index contributed by atoms with van der Waals surface area (Å²) < 4.78 is 5.26. The summed E-state index contributed by atoms with van der Waals surface area (Å²) >= 11 is 5.96. The van der Waals surface area contributed by atoms with Gasteiger partial charge in [0.15, 0.2) is 0 Å². The Kier molecular flexibility index (Phi) is 3.83. The third-order valence-corrected chi connectivity index (χ3v) is 3.32. The van der Waals surface area contributed by atoms with Gasteiger partial charge in [-0.05, 0) is 24.8 Å². The molecule has 0 amide bonds. The van der Waals surface area contributed by atoms with Crippen LogP contribution >= 0.6 is 11.6 Å². The van der Waals surface area contributed by atoms with Gasteiger partial charge < -0.3 is 4.74 Å². The number of alkyl halides is 1. The summed E-state index contributed by atoms with van der Waals surface area (Å²) in [5, 5.41) is 0.147. The fourth-order valence-corrected chi connectivity index (χ4v) is 2.33. The lowest BCUT2D eigenvalue weighted by Crippen LogP contribution is -2.15. The number of esters is 1. The Morgan fingerprint density at radius 3 is 2.69 bits per heavy atom. The minimum atomic E-state index is -0.105. The van der Waals surface area contributed by atoms with E-state index in [1.165, 1.54) is 0 Å². The first kappa shape index (κ1) is 11.5. The van der Waals surface area contributed by atoms with Crippen molar-refractivity contribution >= 4 is 17.6 Å². The van der Waals surface area contributed by atoms with Gasteiger partial charge in [0, 0.05) is 5.38 Å². The predicted octanol–water partition coefficient (Wildman–Crippen LogP) is 3.14. The van der Waals surface area contributed by atoms with Gasteiger partial charge in [-0.1, -0.05) is 30.3 Å². The summed E-state index contributed by atoms with van der Waals surface area (Å²) in [5.74, 6) is -0.0989. The van der Waals surface area contributed by atoms with Crippen molar-refractivity contribution in [3.05, 3.63) is 35.9 Å². The molecule has 1 fully saturated rings. The molecular formula is C13H15ClO2. The molecule has 0 radical (unpaired) electrons. The first-order valence-corrected chi connectivity index (χ1v) is 6.04. The van der Waals surface area contributed by atoms with Gasteiger partial charge in [0.25, 0.3) is 0 Å². The maximum atomic E-state index is 11.7. The van der Waals surface area contributed by atoms with Gasteiger partial charge in [0.1, 0.15) is 6.61 Å². The summed E-state index contributed by atoms with van der Waals surface area (Å²) in [6.07, 6.45) is 2.55. The molecule has 0 spiro atoms. The van der Waals surface area contributed by atoms with Crippen molar-refractivity contribution in [3.8, 4) is 0 Å². The topological polar surface area (TPSA) is 26.3 Å². The smallest absolute Gasteiger partial charge is 0.309 e. The number of rotatable bonds is 3. The molecule has 0 N–H and O–H groups in total. The maximum Gasteiger partial charge on any atom is 0.309 e. The molecule has 1 aliphatic carbocycles. The van der Waals surface area contributed by atoms with Crippen molar-refractivity contribution in [3.63, 3.8) is 0 Å². The summed E-state index contributed by atoms with van der Waals surface area (Å²) in [5.41, 5.74) is 1.02. The van der Waals surface area contributed by atoms with E-state index in [1.54, 1.807) is 0 Å². The molecule has 2 rings (SSSR count). The zero-order valence-corrected chi connectivity index (χ0v) is 9.82. The number of hydrogen-bond acceptors (Lipinski definition) is 2. The third kappa shape index (κ3) is 2.99. The standard InChI is InChI=1S/C13H15ClO2/c14-12-7-6-11(8-12)13(15)16-9-10-4-2-1-3-5-10/h1-5,11-12H,6-9H2/t11?,12-/m0/s1. The summed E-state index contributed by atoms with van der Waals surface area (Å²) in [6.45, 7) is 0.364. The molecule has 16 heavy (non-hydrogen) atoms. The second-order valence-electron chi connectivity index (χ2n) is 4.20. The normalized spacial score (nSPS) is 24.3. The van der Waals surface area contributed by atoms with E-state index in [-0.39, 0.29) is 17.3 Å². The van der Waals surface area contributed by atoms with Crippen LogP contribution in [0.25, 0.3) is 0 Å². The van der Waals surface area contributed by atoms with Crippen LogP contribution < -0.4 is 0 Å². The molecule has 1 saturated carbocycles. The molecule has 0 aromatic heterocycles. The number of benzene rings is 1. The van der Waals surface area contributed by atoms with E-state index >= 15 is 0 Å². The van der Waals surface area contributed by atoms with Crippen LogP contribution in [0.1, 0.15) is 24.8 Å². The van der Waals surface area contributed by atoms with E-state index in [9.17, 15) is 4.79 Å². The molecule has 3 heteroatoms. The van der Waals surface area contributed by atoms with E-state index in [1.807, 2.05) is 30.3 Å². The van der Waals surface area contributed by atoms with Gasteiger partial charge in [0.2, 0.25) is 0 Å². The van der Waals surface area contributed by atoms with Crippen LogP contribution in [-0.4, -0.2) is 11.3 Å². The highest BCUT2D eigenvalue weighted by molar-refractivity contribution is 6.20. The molecule has 86 valence electrons. The Labute approximate surface area is 101 Å². The molecule has 1 aromatic rings. The lowest BCUT2D eigenvalue weighted by Gasteiger charge is -2.09. The van der Waals surface area contributed by atoms with Crippen molar-refractivity contribution < 1.29 is 9.53 Å². The number of ether oxygens (including phenoxy) is 1. The molecule has 0 heterocycles. The number of carbonyl (C=O) groups is 1. The first-order chi connectivity index (χ1) is 7.75. The molecule has 1 aliphatic rings. The van der Waals surface area contributed by atoms with Crippen LogP contribution in [0.3, 0.4) is 0 Å². The molecule has 1 aromatic carbocycles. The molecule has 2 atom stereocenters. The Morgan fingerprint density at radius 1 is 1.31 bits per heavy atom. The zero-order chi connectivity index (χ0) is 11.4. The number of carbonyl (C=O) groups excluding carboxylic acids is 1. The van der Waals surface area contributed by atoms with Crippen LogP contribution in [0, 0.1) is 5.92 Å². The van der Waals surface area contributed by atoms with Gasteiger partial charge >= 0.3 is 5.97 Å². The lowest BCUT2D eigenvalue weighted by atomic mass is 10.1. The molecule has 1 unspecified atom stereocenters. The summed E-state index contributed by atoms with van der Waals surface area (Å²) in [6, 6.07) is 9.72. The van der Waals surface area contributed by atoms with E-state index < -0.39 is 0 Å². The molecule has 0 saturated heterocycles. The second kappa shape index (κ2) is 5.35. The van der Waals surface area contributed by atoms with Gasteiger partial charge in [-0.25, -0.2) is 0 Å². The van der Waals surface area contributed by atoms with Crippen LogP contribution in [-0.2, 0) is 16.1 Å². The van der Waals surface area contributed by atoms with Gasteiger partial charge in [-0.15, -0.1) is 11.6 Å². The minimum Gasteiger partial charge on any atom is -0.461 e. The monoisotopic (exact) mass is 238 g/mol. The zero-order valence-electron chi connectivity index (χ0n) is 9.06. The number of halogens is 1. The third-order valence-electron chi connectivity index (χ3n) is 2.93. The van der Waals surface area contributed by atoms with Crippen molar-refractivity contribution in [2.24, 2.45) is 5.92 Å². The molecule has 2 nitrogen and oxygen atoms in total. The summed E-state index contributed by atoms with van der Waals surface area (Å²) in [4.78, 5) is 11.7. The largest absolute Gasteiger partial charge is 0.461 e. The van der Waals surface area contributed by atoms with Gasteiger partial charge in [0.05, 0.1) is 5.92 Å². The van der Waals surface area contributed by atoms with E-state index in [0.717, 1.165) is 24.8 Å². The number of hydrogen-bond donors (Lipinski definition) is 0. The Hall–Kier alpha value is -1.02. The van der Waals surface area contributed by atoms with Crippen molar-refractivity contribution in [2.75, 3.05) is 0 Å². The van der Waals surface area contributed by atoms with E-state index in [0.29, 0.717) is 6.61 Å². The predicted molar refractivity (Wildman–Crippen MR) is 63.2 cm³/mol. The van der Waals surface area contributed by atoms with E-state index in [2.05, 4.69) is 0 Å². The Balaban J connectivity index is 1.80. The van der Waals surface area contributed by atoms with Crippen molar-refractivity contribution in [1.29, 1.82) is 0 Å². The Morgan fingerprint density at radius 2 is 2.06 bits per heavy atom. The summed E-state index contributed by atoms with van der Waals surface area (Å²) in [7, 11) is 0. The second-order valence-corrected chi connectivity index (χ2v) is 4.82. The Bertz CT molecular complexity index is 350. The first-order valence-electron chi connectivity index (χ1n) is 5.60. The lowest BCUT2D eigenvalue weighted by molar-refractivity contribution is -0.149. The highest BCUT2D eigenvalue weighted by Gasteiger charge is 2.29. The van der Waals surface area contributed by atoms with Crippen molar-refractivity contribution in [1.82, 2.24) is 0 Å². The highest BCUT2D eigenvalue weighted by Crippen LogP contribution is 2.30. The van der Waals surface area contributed by atoms with Gasteiger partial charge in [-0.3, -0.25) is 4.79 Å². The molecule has 0 bridgehead atoms.